The van der Waals surface area contributed by atoms with Crippen LogP contribution in [-0.2, 0) is 0 Å². The summed E-state index contributed by atoms with van der Waals surface area (Å²) in [4.78, 5) is 9.38. The van der Waals surface area contributed by atoms with Gasteiger partial charge >= 0.3 is 0 Å². The first-order valence-corrected chi connectivity index (χ1v) is 9.45. The van der Waals surface area contributed by atoms with Gasteiger partial charge in [-0.25, -0.2) is 0 Å². The molecule has 26 heavy (non-hydrogen) atoms. The SMILES string of the molecule is CN(C)CC(C)(C)CN1CC[C@@H](c2ccnc(-c3cccc(O)c3)c2)C1. The average Bonchev–Trinajstić information content (AvgIpc) is 3.01. The van der Waals surface area contributed by atoms with E-state index in [0.29, 0.717) is 11.3 Å². The van der Waals surface area contributed by atoms with Gasteiger partial charge in [0.1, 0.15) is 5.75 Å². The van der Waals surface area contributed by atoms with Crippen LogP contribution in [0.1, 0.15) is 31.7 Å². The van der Waals surface area contributed by atoms with Crippen LogP contribution in [0, 0.1) is 5.41 Å². The maximum atomic E-state index is 9.72. The molecule has 0 bridgehead atoms. The summed E-state index contributed by atoms with van der Waals surface area (Å²) in [6.07, 6.45) is 3.09. The number of phenols is 1. The van der Waals surface area contributed by atoms with Crippen molar-refractivity contribution in [2.45, 2.75) is 26.2 Å². The average molecular weight is 354 g/mol. The van der Waals surface area contributed by atoms with Crippen LogP contribution in [0.5, 0.6) is 5.75 Å². The van der Waals surface area contributed by atoms with Crippen LogP contribution >= 0.6 is 0 Å². The van der Waals surface area contributed by atoms with Gasteiger partial charge in [-0.3, -0.25) is 4.98 Å². The zero-order valence-electron chi connectivity index (χ0n) is 16.4. The highest BCUT2D eigenvalue weighted by atomic mass is 16.3. The lowest BCUT2D eigenvalue weighted by molar-refractivity contribution is 0.163. The van der Waals surface area contributed by atoms with Crippen LogP contribution in [0.4, 0.5) is 0 Å². The fourth-order valence-corrected chi connectivity index (χ4v) is 4.28. The molecule has 0 saturated carbocycles. The Hall–Kier alpha value is -1.91. The molecule has 4 heteroatoms. The summed E-state index contributed by atoms with van der Waals surface area (Å²) < 4.78 is 0. The van der Waals surface area contributed by atoms with Gasteiger partial charge in [-0.1, -0.05) is 26.0 Å². The molecular formula is C22H31N3O. The highest BCUT2D eigenvalue weighted by Gasteiger charge is 2.29. The zero-order chi connectivity index (χ0) is 18.7. The second-order valence-corrected chi connectivity index (χ2v) is 8.65. The Morgan fingerprint density at radius 3 is 2.77 bits per heavy atom. The fraction of sp³-hybridized carbons (Fsp3) is 0.500. The van der Waals surface area contributed by atoms with Crippen molar-refractivity contribution in [3.63, 3.8) is 0 Å². The van der Waals surface area contributed by atoms with Crippen molar-refractivity contribution in [2.75, 3.05) is 40.3 Å². The number of phenolic OH excluding ortho intramolecular Hbond substituents is 1. The summed E-state index contributed by atoms with van der Waals surface area (Å²) in [7, 11) is 4.29. The van der Waals surface area contributed by atoms with E-state index in [2.05, 4.69) is 54.9 Å². The minimum absolute atomic E-state index is 0.282. The number of likely N-dealkylation sites (tertiary alicyclic amines) is 1. The second-order valence-electron chi connectivity index (χ2n) is 8.65. The Balaban J connectivity index is 1.68. The molecule has 0 amide bonds. The first-order chi connectivity index (χ1) is 12.3. The van der Waals surface area contributed by atoms with E-state index < -0.39 is 0 Å². The van der Waals surface area contributed by atoms with Crippen LogP contribution in [0.25, 0.3) is 11.3 Å². The van der Waals surface area contributed by atoms with E-state index in [0.717, 1.165) is 37.4 Å². The molecule has 2 heterocycles. The van der Waals surface area contributed by atoms with E-state index in [4.69, 9.17) is 0 Å². The molecule has 0 unspecified atom stereocenters. The summed E-state index contributed by atoms with van der Waals surface area (Å²) in [6.45, 7) is 9.21. The van der Waals surface area contributed by atoms with Crippen LogP contribution < -0.4 is 0 Å². The third-order valence-corrected chi connectivity index (χ3v) is 5.07. The molecule has 1 aromatic heterocycles. The van der Waals surface area contributed by atoms with Gasteiger partial charge in [0.15, 0.2) is 0 Å². The number of benzene rings is 1. The van der Waals surface area contributed by atoms with Crippen molar-refractivity contribution in [3.8, 4) is 17.0 Å². The molecule has 1 aromatic carbocycles. The molecule has 1 aliphatic rings. The molecule has 0 spiro atoms. The topological polar surface area (TPSA) is 39.6 Å². The minimum atomic E-state index is 0.282. The Morgan fingerprint density at radius 2 is 2.04 bits per heavy atom. The fourth-order valence-electron chi connectivity index (χ4n) is 4.28. The lowest BCUT2D eigenvalue weighted by Crippen LogP contribution is -2.39. The van der Waals surface area contributed by atoms with Crippen molar-refractivity contribution in [2.24, 2.45) is 5.41 Å². The minimum Gasteiger partial charge on any atom is -0.508 e. The van der Waals surface area contributed by atoms with Gasteiger partial charge in [0.05, 0.1) is 5.69 Å². The van der Waals surface area contributed by atoms with Gasteiger partial charge in [-0.05, 0) is 68.2 Å². The van der Waals surface area contributed by atoms with Crippen molar-refractivity contribution in [3.05, 3.63) is 48.2 Å². The molecule has 1 saturated heterocycles. The van der Waals surface area contributed by atoms with E-state index >= 15 is 0 Å². The summed E-state index contributed by atoms with van der Waals surface area (Å²) >= 11 is 0. The molecule has 1 N–H and O–H groups in total. The standard InChI is InChI=1S/C22H31N3O/c1-22(2,15-24(3)4)16-25-11-9-19(14-25)17-8-10-23-21(13-17)18-6-5-7-20(26)12-18/h5-8,10,12-13,19,26H,9,11,14-16H2,1-4H3/t19-/m1/s1. The van der Waals surface area contributed by atoms with Crippen molar-refractivity contribution < 1.29 is 5.11 Å². The van der Waals surface area contributed by atoms with Gasteiger partial charge in [-0.15, -0.1) is 0 Å². The number of aromatic nitrogens is 1. The van der Waals surface area contributed by atoms with Crippen LogP contribution in [0.3, 0.4) is 0 Å². The van der Waals surface area contributed by atoms with E-state index in [1.54, 1.807) is 12.1 Å². The molecule has 0 radical (unpaired) electrons. The summed E-state index contributed by atoms with van der Waals surface area (Å²) in [5, 5.41) is 9.72. The van der Waals surface area contributed by atoms with Crippen LogP contribution in [0.2, 0.25) is 0 Å². The lowest BCUT2D eigenvalue weighted by atomic mass is 9.92. The molecular weight excluding hydrogens is 322 g/mol. The van der Waals surface area contributed by atoms with Crippen molar-refractivity contribution >= 4 is 0 Å². The maximum absolute atomic E-state index is 9.72. The normalized spacial score (nSPS) is 18.6. The van der Waals surface area contributed by atoms with Gasteiger partial charge in [0, 0.05) is 31.4 Å². The Labute approximate surface area is 157 Å². The summed E-state index contributed by atoms with van der Waals surface area (Å²) in [5.74, 6) is 0.842. The largest absolute Gasteiger partial charge is 0.508 e. The predicted octanol–water partition coefficient (Wildman–Crippen LogP) is 3.83. The van der Waals surface area contributed by atoms with E-state index in [1.807, 2.05) is 18.3 Å². The van der Waals surface area contributed by atoms with Gasteiger partial charge in [0.2, 0.25) is 0 Å². The van der Waals surface area contributed by atoms with Crippen LogP contribution in [-0.4, -0.2) is 60.2 Å². The molecule has 2 aromatic rings. The molecule has 0 aliphatic carbocycles. The first kappa shape index (κ1) is 18.9. The number of rotatable bonds is 6. The molecule has 1 fully saturated rings. The van der Waals surface area contributed by atoms with Gasteiger partial charge in [0.25, 0.3) is 0 Å². The van der Waals surface area contributed by atoms with E-state index in [1.165, 1.54) is 12.0 Å². The highest BCUT2D eigenvalue weighted by Crippen LogP contribution is 2.31. The molecule has 3 rings (SSSR count). The first-order valence-electron chi connectivity index (χ1n) is 9.45. The van der Waals surface area contributed by atoms with Gasteiger partial charge in [-0.2, -0.15) is 0 Å². The monoisotopic (exact) mass is 353 g/mol. The van der Waals surface area contributed by atoms with E-state index in [-0.39, 0.29) is 5.75 Å². The van der Waals surface area contributed by atoms with E-state index in [9.17, 15) is 5.11 Å². The number of nitrogens with zero attached hydrogens (tertiary/aromatic N) is 3. The predicted molar refractivity (Wildman–Crippen MR) is 107 cm³/mol. The third-order valence-electron chi connectivity index (χ3n) is 5.07. The molecule has 1 atom stereocenters. The quantitative estimate of drug-likeness (QED) is 0.857. The van der Waals surface area contributed by atoms with Crippen LogP contribution in [0.15, 0.2) is 42.6 Å². The number of aromatic hydroxyl groups is 1. The number of pyridine rings is 1. The Morgan fingerprint density at radius 1 is 1.23 bits per heavy atom. The summed E-state index contributed by atoms with van der Waals surface area (Å²) in [5.41, 5.74) is 3.55. The van der Waals surface area contributed by atoms with Gasteiger partial charge < -0.3 is 14.9 Å². The smallest absolute Gasteiger partial charge is 0.116 e. The second kappa shape index (κ2) is 7.77. The lowest BCUT2D eigenvalue weighted by Gasteiger charge is -2.32. The zero-order valence-corrected chi connectivity index (χ0v) is 16.4. The number of hydrogen-bond donors (Lipinski definition) is 1. The number of hydrogen-bond acceptors (Lipinski definition) is 4. The molecule has 1 aliphatic heterocycles. The highest BCUT2D eigenvalue weighted by molar-refractivity contribution is 5.61. The van der Waals surface area contributed by atoms with Crippen molar-refractivity contribution in [1.82, 2.24) is 14.8 Å². The Kier molecular flexibility index (Phi) is 5.64. The summed E-state index contributed by atoms with van der Waals surface area (Å²) in [6, 6.07) is 11.7. The Bertz CT molecular complexity index is 742. The molecule has 4 nitrogen and oxygen atoms in total. The molecule has 140 valence electrons. The maximum Gasteiger partial charge on any atom is 0.116 e. The van der Waals surface area contributed by atoms with Crippen molar-refractivity contribution in [1.29, 1.82) is 0 Å². The third kappa shape index (κ3) is 4.83.